The zero-order chi connectivity index (χ0) is 28.9. The number of nitrogens with zero attached hydrogens (tertiary/aromatic N) is 2. The number of hydrogen-bond acceptors (Lipinski definition) is 4. The van der Waals surface area contributed by atoms with Gasteiger partial charge in [-0.05, 0) is 68.3 Å². The molecule has 0 aliphatic heterocycles. The van der Waals surface area contributed by atoms with Crippen molar-refractivity contribution >= 4 is 62.3 Å². The average Bonchev–Trinajstić information content (AvgIpc) is 3.45. The Bertz CT molecular complexity index is 1430. The van der Waals surface area contributed by atoms with E-state index in [9.17, 15) is 18.0 Å². The SMILES string of the molecule is C[C@@H](C(=O)NC1CCCC1)N(Cc1c(Cl)cccc1Cl)C(=O)CN(c1ccc(Cl)cc1)S(=O)(=O)c1ccccc1. The third-order valence-electron chi connectivity index (χ3n) is 6.98. The van der Waals surface area contributed by atoms with Crippen LogP contribution in [0.5, 0.6) is 0 Å². The standard InChI is InChI=1S/C29H30Cl3N3O4S/c1-20(29(37)33-22-8-5-6-9-22)34(18-25-26(31)12-7-13-27(25)32)28(36)19-35(23-16-14-21(30)15-17-23)40(38,39)24-10-3-2-4-11-24/h2-4,7,10-17,20,22H,5-6,8-9,18-19H2,1H3,(H,33,37)/t20-/m0/s1. The Morgan fingerprint density at radius 3 is 2.10 bits per heavy atom. The first-order chi connectivity index (χ1) is 19.1. The predicted molar refractivity (Wildman–Crippen MR) is 159 cm³/mol. The number of amides is 2. The smallest absolute Gasteiger partial charge is 0.264 e. The highest BCUT2D eigenvalue weighted by atomic mass is 35.5. The van der Waals surface area contributed by atoms with Crippen molar-refractivity contribution in [3.63, 3.8) is 0 Å². The second kappa shape index (κ2) is 13.3. The lowest BCUT2D eigenvalue weighted by molar-refractivity contribution is -0.139. The molecule has 4 rings (SSSR count). The van der Waals surface area contributed by atoms with Crippen LogP contribution in [0, 0.1) is 0 Å². The lowest BCUT2D eigenvalue weighted by Crippen LogP contribution is -2.52. The van der Waals surface area contributed by atoms with Gasteiger partial charge in [0.25, 0.3) is 10.0 Å². The minimum Gasteiger partial charge on any atom is -0.352 e. The number of hydrogen-bond donors (Lipinski definition) is 1. The van der Waals surface area contributed by atoms with Crippen LogP contribution in [-0.4, -0.2) is 43.8 Å². The van der Waals surface area contributed by atoms with Crippen molar-refractivity contribution in [2.75, 3.05) is 10.8 Å². The number of benzene rings is 3. The van der Waals surface area contributed by atoms with Gasteiger partial charge >= 0.3 is 0 Å². The van der Waals surface area contributed by atoms with Crippen LogP contribution in [0.3, 0.4) is 0 Å². The third-order valence-corrected chi connectivity index (χ3v) is 9.73. The summed E-state index contributed by atoms with van der Waals surface area (Å²) in [5, 5.41) is 4.11. The van der Waals surface area contributed by atoms with Gasteiger partial charge < -0.3 is 10.2 Å². The van der Waals surface area contributed by atoms with Crippen LogP contribution in [0.4, 0.5) is 5.69 Å². The van der Waals surface area contributed by atoms with Gasteiger partial charge in [-0.15, -0.1) is 0 Å². The van der Waals surface area contributed by atoms with E-state index in [-0.39, 0.29) is 29.1 Å². The first kappa shape index (κ1) is 30.2. The van der Waals surface area contributed by atoms with Crippen molar-refractivity contribution in [2.24, 2.45) is 0 Å². The molecular formula is C29H30Cl3N3O4S. The molecule has 0 saturated heterocycles. The summed E-state index contributed by atoms with van der Waals surface area (Å²) in [6.07, 6.45) is 3.82. The van der Waals surface area contributed by atoms with E-state index in [0.29, 0.717) is 20.6 Å². The molecule has 3 aromatic carbocycles. The quantitative estimate of drug-likeness (QED) is 0.287. The first-order valence-electron chi connectivity index (χ1n) is 12.9. The van der Waals surface area contributed by atoms with Gasteiger partial charge in [0.15, 0.2) is 0 Å². The Labute approximate surface area is 250 Å². The van der Waals surface area contributed by atoms with Gasteiger partial charge in [-0.3, -0.25) is 13.9 Å². The first-order valence-corrected chi connectivity index (χ1v) is 15.5. The van der Waals surface area contributed by atoms with Crippen molar-refractivity contribution in [3.05, 3.63) is 93.4 Å². The molecular weight excluding hydrogens is 593 g/mol. The molecule has 0 bridgehead atoms. The number of anilines is 1. The van der Waals surface area contributed by atoms with E-state index in [4.69, 9.17) is 34.8 Å². The minimum atomic E-state index is -4.16. The Morgan fingerprint density at radius 1 is 0.900 bits per heavy atom. The van der Waals surface area contributed by atoms with E-state index in [1.54, 1.807) is 55.5 Å². The van der Waals surface area contributed by atoms with Crippen molar-refractivity contribution in [1.82, 2.24) is 10.2 Å². The monoisotopic (exact) mass is 621 g/mol. The summed E-state index contributed by atoms with van der Waals surface area (Å²) < 4.78 is 28.6. The molecule has 0 spiro atoms. The predicted octanol–water partition coefficient (Wildman–Crippen LogP) is 6.32. The molecule has 0 unspecified atom stereocenters. The number of nitrogens with one attached hydrogen (secondary N) is 1. The molecule has 1 saturated carbocycles. The average molecular weight is 623 g/mol. The zero-order valence-corrected chi connectivity index (χ0v) is 25.0. The number of halogens is 3. The highest BCUT2D eigenvalue weighted by Gasteiger charge is 2.34. The summed E-state index contributed by atoms with van der Waals surface area (Å²) >= 11 is 18.9. The number of carbonyl (C=O) groups is 2. The summed E-state index contributed by atoms with van der Waals surface area (Å²) in [5.41, 5.74) is 0.712. The molecule has 1 aliphatic rings. The van der Waals surface area contributed by atoms with E-state index >= 15 is 0 Å². The van der Waals surface area contributed by atoms with Crippen LogP contribution in [0.25, 0.3) is 0 Å². The Balaban J connectivity index is 1.70. The van der Waals surface area contributed by atoms with E-state index in [1.165, 1.54) is 29.2 Å². The summed E-state index contributed by atoms with van der Waals surface area (Å²) in [4.78, 5) is 28.6. The molecule has 1 atom stereocenters. The van der Waals surface area contributed by atoms with E-state index in [1.807, 2.05) is 0 Å². The molecule has 1 fully saturated rings. The normalized spacial score (nSPS) is 14.5. The fourth-order valence-electron chi connectivity index (χ4n) is 4.68. The van der Waals surface area contributed by atoms with Gasteiger partial charge in [-0.2, -0.15) is 0 Å². The Morgan fingerprint density at radius 2 is 1.50 bits per heavy atom. The summed E-state index contributed by atoms with van der Waals surface area (Å²) in [5.74, 6) is -0.924. The molecule has 7 nitrogen and oxygen atoms in total. The molecule has 40 heavy (non-hydrogen) atoms. The van der Waals surface area contributed by atoms with E-state index in [0.717, 1.165) is 30.0 Å². The van der Waals surface area contributed by atoms with Crippen LogP contribution in [0.1, 0.15) is 38.2 Å². The largest absolute Gasteiger partial charge is 0.352 e. The minimum absolute atomic E-state index is 0.0190. The molecule has 1 N–H and O–H groups in total. The second-order valence-corrected chi connectivity index (χ2v) is 12.8. The van der Waals surface area contributed by atoms with Crippen molar-refractivity contribution in [1.29, 1.82) is 0 Å². The maximum Gasteiger partial charge on any atom is 0.264 e. The molecule has 212 valence electrons. The van der Waals surface area contributed by atoms with Crippen molar-refractivity contribution in [2.45, 2.75) is 56.1 Å². The van der Waals surface area contributed by atoms with Crippen LogP contribution in [0.2, 0.25) is 15.1 Å². The molecule has 0 aromatic heterocycles. The van der Waals surface area contributed by atoms with Gasteiger partial charge in [0.05, 0.1) is 10.6 Å². The lowest BCUT2D eigenvalue weighted by Gasteiger charge is -2.33. The van der Waals surface area contributed by atoms with Gasteiger partial charge in [0, 0.05) is 33.2 Å². The van der Waals surface area contributed by atoms with Gasteiger partial charge in [-0.25, -0.2) is 8.42 Å². The van der Waals surface area contributed by atoms with Crippen LogP contribution < -0.4 is 9.62 Å². The summed E-state index contributed by atoms with van der Waals surface area (Å²) in [6, 6.07) is 18.1. The topological polar surface area (TPSA) is 86.8 Å². The highest BCUT2D eigenvalue weighted by Crippen LogP contribution is 2.29. The fraction of sp³-hybridized carbons (Fsp3) is 0.310. The maximum absolute atomic E-state index is 14.0. The van der Waals surface area contributed by atoms with Gasteiger partial charge in [0.2, 0.25) is 11.8 Å². The van der Waals surface area contributed by atoms with Crippen LogP contribution >= 0.6 is 34.8 Å². The number of sulfonamides is 1. The zero-order valence-electron chi connectivity index (χ0n) is 21.9. The Kier molecular flexibility index (Phi) is 10.0. The molecule has 0 heterocycles. The van der Waals surface area contributed by atoms with Crippen LogP contribution in [-0.2, 0) is 26.2 Å². The molecule has 2 amide bonds. The summed E-state index contributed by atoms with van der Waals surface area (Å²) in [7, 11) is -4.16. The molecule has 1 aliphatic carbocycles. The van der Waals surface area contributed by atoms with Gasteiger partial charge in [-0.1, -0.05) is 71.9 Å². The fourth-order valence-corrected chi connectivity index (χ4v) is 6.76. The molecule has 3 aromatic rings. The van der Waals surface area contributed by atoms with E-state index < -0.39 is 28.5 Å². The Hall–Kier alpha value is -2.78. The third kappa shape index (κ3) is 7.10. The maximum atomic E-state index is 14.0. The van der Waals surface area contributed by atoms with Gasteiger partial charge in [0.1, 0.15) is 12.6 Å². The molecule has 0 radical (unpaired) electrons. The molecule has 11 heteroatoms. The van der Waals surface area contributed by atoms with Crippen LogP contribution in [0.15, 0.2) is 77.7 Å². The van der Waals surface area contributed by atoms with Crippen molar-refractivity contribution in [3.8, 4) is 0 Å². The lowest BCUT2D eigenvalue weighted by atomic mass is 10.1. The number of rotatable bonds is 10. The highest BCUT2D eigenvalue weighted by molar-refractivity contribution is 7.92. The number of carbonyl (C=O) groups excluding carboxylic acids is 2. The van der Waals surface area contributed by atoms with Crippen molar-refractivity contribution < 1.29 is 18.0 Å². The summed E-state index contributed by atoms with van der Waals surface area (Å²) in [6.45, 7) is 0.962. The van der Waals surface area contributed by atoms with E-state index in [2.05, 4.69) is 5.32 Å². The second-order valence-electron chi connectivity index (χ2n) is 9.69.